The van der Waals surface area contributed by atoms with Crippen LogP contribution in [0.2, 0.25) is 0 Å². The molecular formula is C24H24F4N7O2+. The van der Waals surface area contributed by atoms with Crippen molar-refractivity contribution >= 4 is 17.3 Å². The summed E-state index contributed by atoms with van der Waals surface area (Å²) in [5, 5.41) is 9.22. The fraction of sp³-hybridized carbons (Fsp3) is 0.292. The largest absolute Gasteiger partial charge is 0.494 e. The molecular weight excluding hydrogens is 494 g/mol. The molecule has 2 aromatic carbocycles. The van der Waals surface area contributed by atoms with Crippen molar-refractivity contribution in [1.29, 1.82) is 5.53 Å². The van der Waals surface area contributed by atoms with E-state index in [0.29, 0.717) is 33.3 Å². The standard InChI is InChI=1S/C24H23F4N7O2/c1-14-31-13-35(33-14)21-7-4-15(10-22(21)37-2)19(32-29)11-30-18-6-3-16-9-17(25)5-8-20(16)34(23(18)36)12-24(26,27)28/h4-5,7-11,13,18,29-30H,3,6,12H2,1-2H3/p+1/b19-11-,32-29?. The molecule has 0 bridgehead atoms. The Balaban J connectivity index is 1.61. The highest BCUT2D eigenvalue weighted by molar-refractivity contribution is 5.97. The maximum absolute atomic E-state index is 13.8. The van der Waals surface area contributed by atoms with Gasteiger partial charge in [-0.3, -0.25) is 9.69 Å². The first-order chi connectivity index (χ1) is 17.6. The van der Waals surface area contributed by atoms with E-state index in [-0.39, 0.29) is 24.2 Å². The molecule has 3 N–H and O–H groups in total. The van der Waals surface area contributed by atoms with Gasteiger partial charge in [-0.15, -0.1) is 0 Å². The molecule has 0 fully saturated rings. The van der Waals surface area contributed by atoms with Crippen molar-refractivity contribution in [2.45, 2.75) is 32.0 Å². The Kier molecular flexibility index (Phi) is 7.34. The predicted octanol–water partition coefficient (Wildman–Crippen LogP) is 3.53. The van der Waals surface area contributed by atoms with E-state index in [4.69, 9.17) is 10.3 Å². The number of aryl methyl sites for hydroxylation is 2. The molecule has 2 heterocycles. The highest BCUT2D eigenvalue weighted by atomic mass is 19.4. The van der Waals surface area contributed by atoms with Crippen LogP contribution in [0.5, 0.6) is 5.75 Å². The molecule has 13 heteroatoms. The number of nitrogens with zero attached hydrogens (tertiary/aromatic N) is 5. The first-order valence-corrected chi connectivity index (χ1v) is 11.3. The third-order valence-electron chi connectivity index (χ3n) is 5.91. The van der Waals surface area contributed by atoms with Crippen LogP contribution in [0.15, 0.2) is 54.0 Å². The van der Waals surface area contributed by atoms with Gasteiger partial charge in [0, 0.05) is 17.7 Å². The molecule has 1 amide bonds. The van der Waals surface area contributed by atoms with Crippen LogP contribution < -0.4 is 15.0 Å². The van der Waals surface area contributed by atoms with E-state index in [2.05, 4.69) is 15.2 Å². The number of ether oxygens (including phenoxy) is 1. The molecule has 0 aliphatic carbocycles. The number of hydrogen-bond acceptors (Lipinski definition) is 6. The van der Waals surface area contributed by atoms with Gasteiger partial charge in [-0.2, -0.15) is 23.4 Å². The molecule has 37 heavy (non-hydrogen) atoms. The Hall–Kier alpha value is -4.13. The van der Waals surface area contributed by atoms with Gasteiger partial charge in [0.25, 0.3) is 5.91 Å². The molecule has 1 atom stereocenters. The SMILES string of the molecule is COc1cc(/C(=C/[NH2+]C2CCc3cc(F)ccc3N(CC(F)(F)F)C2=O)N=N)ccc1-n1cnc(C)n1. The number of rotatable bonds is 7. The Morgan fingerprint density at radius 2 is 2.03 bits per heavy atom. The molecule has 9 nitrogen and oxygen atoms in total. The number of fused-ring (bicyclic) bond motifs is 1. The zero-order valence-electron chi connectivity index (χ0n) is 20.0. The molecule has 4 rings (SSSR count). The lowest BCUT2D eigenvalue weighted by Gasteiger charge is -2.25. The number of quaternary nitrogens is 1. The van der Waals surface area contributed by atoms with Gasteiger partial charge in [-0.25, -0.2) is 19.6 Å². The van der Waals surface area contributed by atoms with Gasteiger partial charge in [0.15, 0.2) is 6.04 Å². The lowest BCUT2D eigenvalue weighted by molar-refractivity contribution is -0.612. The Morgan fingerprint density at radius 3 is 2.68 bits per heavy atom. The first kappa shape index (κ1) is 25.9. The number of carbonyl (C=O) groups excluding carboxylic acids is 1. The van der Waals surface area contributed by atoms with Crippen LogP contribution in [-0.4, -0.2) is 46.5 Å². The van der Waals surface area contributed by atoms with E-state index in [0.717, 1.165) is 12.1 Å². The van der Waals surface area contributed by atoms with Crippen LogP contribution in [0.1, 0.15) is 23.4 Å². The quantitative estimate of drug-likeness (QED) is 0.368. The van der Waals surface area contributed by atoms with E-state index >= 15 is 0 Å². The van der Waals surface area contributed by atoms with Crippen molar-refractivity contribution in [3.63, 3.8) is 0 Å². The van der Waals surface area contributed by atoms with Crippen molar-refractivity contribution in [1.82, 2.24) is 14.8 Å². The smallest absolute Gasteiger partial charge is 0.406 e. The molecule has 1 unspecified atom stereocenters. The van der Waals surface area contributed by atoms with Crippen LogP contribution in [0.3, 0.4) is 0 Å². The summed E-state index contributed by atoms with van der Waals surface area (Å²) in [4.78, 5) is 17.9. The molecule has 0 spiro atoms. The topological polar surface area (TPSA) is 113 Å². The minimum atomic E-state index is -4.64. The van der Waals surface area contributed by atoms with E-state index in [1.165, 1.54) is 35.7 Å². The molecule has 0 radical (unpaired) electrons. The number of aromatic nitrogens is 3. The van der Waals surface area contributed by atoms with Crippen LogP contribution in [0.25, 0.3) is 11.4 Å². The molecule has 0 saturated heterocycles. The van der Waals surface area contributed by atoms with Gasteiger partial charge >= 0.3 is 6.18 Å². The number of amides is 1. The van der Waals surface area contributed by atoms with Crippen LogP contribution >= 0.6 is 0 Å². The van der Waals surface area contributed by atoms with Gasteiger partial charge in [0.05, 0.1) is 7.11 Å². The van der Waals surface area contributed by atoms with Crippen LogP contribution in [0, 0.1) is 18.3 Å². The van der Waals surface area contributed by atoms with Crippen LogP contribution in [0.4, 0.5) is 23.2 Å². The summed E-state index contributed by atoms with van der Waals surface area (Å²) in [5.41, 5.74) is 9.25. The number of benzene rings is 2. The summed E-state index contributed by atoms with van der Waals surface area (Å²) in [6.45, 7) is 0.251. The third kappa shape index (κ3) is 5.82. The zero-order valence-corrected chi connectivity index (χ0v) is 20.0. The summed E-state index contributed by atoms with van der Waals surface area (Å²) < 4.78 is 60.7. The summed E-state index contributed by atoms with van der Waals surface area (Å²) in [5.74, 6) is -0.358. The van der Waals surface area contributed by atoms with Crippen molar-refractivity contribution < 1.29 is 32.4 Å². The lowest BCUT2D eigenvalue weighted by atomic mass is 10.1. The van der Waals surface area contributed by atoms with Crippen molar-refractivity contribution in [3.8, 4) is 11.4 Å². The number of hydrogen-bond donors (Lipinski definition) is 2. The molecule has 1 aliphatic rings. The number of alkyl halides is 3. The average Bonchev–Trinajstić information content (AvgIpc) is 3.25. The third-order valence-corrected chi connectivity index (χ3v) is 5.91. The summed E-state index contributed by atoms with van der Waals surface area (Å²) in [7, 11) is 1.47. The molecule has 1 aliphatic heterocycles. The minimum Gasteiger partial charge on any atom is -0.494 e. The average molecular weight is 518 g/mol. The Bertz CT molecular complexity index is 1350. The molecule has 3 aromatic rings. The van der Waals surface area contributed by atoms with Crippen molar-refractivity contribution in [3.05, 3.63) is 71.7 Å². The highest BCUT2D eigenvalue weighted by Crippen LogP contribution is 2.31. The molecule has 0 saturated carbocycles. The van der Waals surface area contributed by atoms with Gasteiger partial charge < -0.3 is 10.1 Å². The highest BCUT2D eigenvalue weighted by Gasteiger charge is 2.40. The van der Waals surface area contributed by atoms with E-state index in [1.807, 2.05) is 0 Å². The van der Waals surface area contributed by atoms with E-state index in [9.17, 15) is 22.4 Å². The van der Waals surface area contributed by atoms with E-state index < -0.39 is 30.5 Å². The second-order valence-electron chi connectivity index (χ2n) is 8.44. The normalized spacial score (nSPS) is 16.4. The number of nitrogens with two attached hydrogens (primary N) is 1. The number of methoxy groups -OCH3 is 1. The number of halogens is 4. The zero-order chi connectivity index (χ0) is 26.7. The Labute approximate surface area is 209 Å². The van der Waals surface area contributed by atoms with Gasteiger partial charge in [0.1, 0.15) is 47.8 Å². The maximum Gasteiger partial charge on any atom is 0.406 e. The lowest BCUT2D eigenvalue weighted by Crippen LogP contribution is -2.88. The maximum atomic E-state index is 13.8. The monoisotopic (exact) mass is 518 g/mol. The number of anilines is 1. The van der Waals surface area contributed by atoms with Gasteiger partial charge in [-0.1, -0.05) is 6.07 Å². The minimum absolute atomic E-state index is 0.0395. The second-order valence-corrected chi connectivity index (χ2v) is 8.44. The molecule has 194 valence electrons. The molecule has 1 aromatic heterocycles. The summed E-state index contributed by atoms with van der Waals surface area (Å²) in [6, 6.07) is 7.46. The van der Waals surface area contributed by atoms with Crippen molar-refractivity contribution in [2.75, 3.05) is 18.6 Å². The predicted molar refractivity (Wildman–Crippen MR) is 125 cm³/mol. The first-order valence-electron chi connectivity index (χ1n) is 11.3. The fourth-order valence-corrected chi connectivity index (χ4v) is 4.19. The van der Waals surface area contributed by atoms with E-state index in [1.54, 1.807) is 25.1 Å². The second kappa shape index (κ2) is 10.5. The Morgan fingerprint density at radius 1 is 1.27 bits per heavy atom. The fourth-order valence-electron chi connectivity index (χ4n) is 4.19. The number of nitrogens with one attached hydrogen (secondary N) is 1. The number of carbonyl (C=O) groups is 1. The van der Waals surface area contributed by atoms with Crippen LogP contribution in [-0.2, 0) is 11.2 Å². The van der Waals surface area contributed by atoms with Gasteiger partial charge in [0.2, 0.25) is 0 Å². The summed E-state index contributed by atoms with van der Waals surface area (Å²) in [6.07, 6.45) is -1.32. The summed E-state index contributed by atoms with van der Waals surface area (Å²) >= 11 is 0. The van der Waals surface area contributed by atoms with Crippen molar-refractivity contribution in [2.24, 2.45) is 5.11 Å². The van der Waals surface area contributed by atoms with Gasteiger partial charge in [-0.05, 0) is 49.2 Å².